The highest BCUT2D eigenvalue weighted by Gasteiger charge is 2.20. The van der Waals surface area contributed by atoms with Gasteiger partial charge in [0.1, 0.15) is 11.7 Å². The van der Waals surface area contributed by atoms with Gasteiger partial charge in [0.2, 0.25) is 0 Å². The van der Waals surface area contributed by atoms with Crippen molar-refractivity contribution in [3.8, 4) is 0 Å². The maximum absolute atomic E-state index is 12.0. The smallest absolute Gasteiger partial charge is 0.326 e. The van der Waals surface area contributed by atoms with Crippen LogP contribution in [0.3, 0.4) is 0 Å². The molecule has 1 heterocycles. The summed E-state index contributed by atoms with van der Waals surface area (Å²) in [5, 5.41) is 11.6. The molecule has 0 spiro atoms. The fourth-order valence-corrected chi connectivity index (χ4v) is 1.78. The molecule has 106 valence electrons. The Morgan fingerprint density at radius 2 is 2.26 bits per heavy atom. The van der Waals surface area contributed by atoms with Gasteiger partial charge in [-0.1, -0.05) is 13.3 Å². The molecule has 0 aliphatic heterocycles. The van der Waals surface area contributed by atoms with E-state index in [1.54, 1.807) is 30.0 Å². The Kier molecular flexibility index (Phi) is 6.08. The highest BCUT2D eigenvalue weighted by molar-refractivity contribution is 5.95. The molecule has 0 bridgehead atoms. The van der Waals surface area contributed by atoms with Crippen molar-refractivity contribution in [2.75, 3.05) is 13.7 Å². The molecule has 0 fully saturated rings. The highest BCUT2D eigenvalue weighted by Crippen LogP contribution is 2.05. The third-order valence-electron chi connectivity index (χ3n) is 2.78. The lowest BCUT2D eigenvalue weighted by molar-refractivity contribution is -0.139. The largest absolute Gasteiger partial charge is 0.480 e. The lowest BCUT2D eigenvalue weighted by Crippen LogP contribution is -2.41. The third-order valence-corrected chi connectivity index (χ3v) is 2.78. The van der Waals surface area contributed by atoms with E-state index in [1.165, 1.54) is 0 Å². The quantitative estimate of drug-likeness (QED) is 0.740. The van der Waals surface area contributed by atoms with Crippen molar-refractivity contribution in [2.24, 2.45) is 0 Å². The summed E-state index contributed by atoms with van der Waals surface area (Å²) >= 11 is 0. The predicted octanol–water partition coefficient (Wildman–Crippen LogP) is 1.12. The molecular weight excluding hydrogens is 248 g/mol. The molecule has 1 amide bonds. The Morgan fingerprint density at radius 3 is 2.84 bits per heavy atom. The van der Waals surface area contributed by atoms with Crippen LogP contribution in [0.2, 0.25) is 0 Å². The number of hydrogen-bond donors (Lipinski definition) is 2. The van der Waals surface area contributed by atoms with Crippen molar-refractivity contribution >= 4 is 11.9 Å². The van der Waals surface area contributed by atoms with Crippen LogP contribution in [-0.4, -0.2) is 41.3 Å². The van der Waals surface area contributed by atoms with Crippen LogP contribution in [0.25, 0.3) is 0 Å². The molecule has 19 heavy (non-hydrogen) atoms. The normalized spacial score (nSPS) is 12.1. The van der Waals surface area contributed by atoms with E-state index in [-0.39, 0.29) is 5.91 Å². The number of carboxylic acids is 1. The minimum atomic E-state index is -1.01. The number of carboxylic acid groups (broad SMARTS) is 1. The SMILES string of the molecule is CCCC(NC(=O)c1cccn1CCOC)C(=O)O. The fourth-order valence-electron chi connectivity index (χ4n) is 1.78. The van der Waals surface area contributed by atoms with Crippen LogP contribution in [0.15, 0.2) is 18.3 Å². The summed E-state index contributed by atoms with van der Waals surface area (Å²) < 4.78 is 6.70. The molecule has 0 aliphatic carbocycles. The number of carbonyl (C=O) groups excluding carboxylic acids is 1. The van der Waals surface area contributed by atoms with Crippen LogP contribution in [0, 0.1) is 0 Å². The second kappa shape index (κ2) is 7.58. The minimum Gasteiger partial charge on any atom is -0.480 e. The first-order chi connectivity index (χ1) is 9.10. The number of ether oxygens (including phenoxy) is 1. The lowest BCUT2D eigenvalue weighted by Gasteiger charge is -2.14. The van der Waals surface area contributed by atoms with Gasteiger partial charge in [-0.25, -0.2) is 4.79 Å². The van der Waals surface area contributed by atoms with Gasteiger partial charge in [-0.15, -0.1) is 0 Å². The standard InChI is InChI=1S/C13H20N2O4/c1-3-5-10(13(17)18)14-12(16)11-6-4-7-15(11)8-9-19-2/h4,6-7,10H,3,5,8-9H2,1-2H3,(H,14,16)(H,17,18). The number of hydrogen-bond acceptors (Lipinski definition) is 3. The maximum atomic E-state index is 12.0. The first-order valence-electron chi connectivity index (χ1n) is 6.27. The summed E-state index contributed by atoms with van der Waals surface area (Å²) in [6.07, 6.45) is 2.88. The van der Waals surface area contributed by atoms with Crippen molar-refractivity contribution in [2.45, 2.75) is 32.4 Å². The molecule has 0 aromatic carbocycles. The summed E-state index contributed by atoms with van der Waals surface area (Å²) in [6, 6.07) is 2.57. The maximum Gasteiger partial charge on any atom is 0.326 e. The van der Waals surface area contributed by atoms with E-state index in [1.807, 2.05) is 6.92 Å². The van der Waals surface area contributed by atoms with E-state index in [2.05, 4.69) is 5.32 Å². The minimum absolute atomic E-state index is 0.373. The average molecular weight is 268 g/mol. The van der Waals surface area contributed by atoms with Crippen molar-refractivity contribution in [1.82, 2.24) is 9.88 Å². The summed E-state index contributed by atoms with van der Waals surface area (Å²) in [6.45, 7) is 2.92. The van der Waals surface area contributed by atoms with Crippen LogP contribution < -0.4 is 5.32 Å². The van der Waals surface area contributed by atoms with E-state index in [9.17, 15) is 9.59 Å². The van der Waals surface area contributed by atoms with Gasteiger partial charge in [0, 0.05) is 19.9 Å². The Labute approximate surface area is 112 Å². The van der Waals surface area contributed by atoms with Gasteiger partial charge in [-0.2, -0.15) is 0 Å². The lowest BCUT2D eigenvalue weighted by atomic mass is 10.1. The molecule has 2 N–H and O–H groups in total. The van der Waals surface area contributed by atoms with Crippen LogP contribution in [0.5, 0.6) is 0 Å². The fraction of sp³-hybridized carbons (Fsp3) is 0.538. The number of carbonyl (C=O) groups is 2. The van der Waals surface area contributed by atoms with Crippen LogP contribution in [0.4, 0.5) is 0 Å². The zero-order chi connectivity index (χ0) is 14.3. The molecule has 0 radical (unpaired) electrons. The van der Waals surface area contributed by atoms with Gasteiger partial charge in [-0.3, -0.25) is 4.79 Å². The van der Waals surface area contributed by atoms with E-state index < -0.39 is 12.0 Å². The summed E-state index contributed by atoms with van der Waals surface area (Å²) in [7, 11) is 1.59. The molecule has 1 aromatic rings. The van der Waals surface area contributed by atoms with Crippen molar-refractivity contribution in [1.29, 1.82) is 0 Å². The monoisotopic (exact) mass is 268 g/mol. The van der Waals surface area contributed by atoms with Gasteiger partial charge >= 0.3 is 5.97 Å². The summed E-state index contributed by atoms with van der Waals surface area (Å²) in [5.74, 6) is -1.38. The summed E-state index contributed by atoms with van der Waals surface area (Å²) in [5.41, 5.74) is 0.444. The molecule has 0 saturated carbocycles. The number of methoxy groups -OCH3 is 1. The first kappa shape index (κ1) is 15.2. The zero-order valence-corrected chi connectivity index (χ0v) is 11.3. The number of amides is 1. The Bertz CT molecular complexity index is 428. The van der Waals surface area contributed by atoms with Crippen molar-refractivity contribution in [3.63, 3.8) is 0 Å². The van der Waals surface area contributed by atoms with Crippen LogP contribution >= 0.6 is 0 Å². The molecular formula is C13H20N2O4. The highest BCUT2D eigenvalue weighted by atomic mass is 16.5. The zero-order valence-electron chi connectivity index (χ0n) is 11.3. The molecule has 6 nitrogen and oxygen atoms in total. The molecule has 1 aromatic heterocycles. The third kappa shape index (κ3) is 4.40. The van der Waals surface area contributed by atoms with E-state index in [0.717, 1.165) is 0 Å². The Balaban J connectivity index is 2.71. The van der Waals surface area contributed by atoms with Gasteiger partial charge in [0.25, 0.3) is 5.91 Å². The molecule has 0 saturated heterocycles. The molecule has 1 atom stereocenters. The second-order valence-corrected chi connectivity index (χ2v) is 4.23. The van der Waals surface area contributed by atoms with Gasteiger partial charge in [0.05, 0.1) is 6.61 Å². The van der Waals surface area contributed by atoms with Crippen LogP contribution in [0.1, 0.15) is 30.3 Å². The number of rotatable bonds is 8. The summed E-state index contributed by atoms with van der Waals surface area (Å²) in [4.78, 5) is 23.1. The Morgan fingerprint density at radius 1 is 1.53 bits per heavy atom. The van der Waals surface area contributed by atoms with Crippen molar-refractivity contribution < 1.29 is 19.4 Å². The van der Waals surface area contributed by atoms with Gasteiger partial charge < -0.3 is 19.7 Å². The first-order valence-corrected chi connectivity index (χ1v) is 6.27. The molecule has 1 rings (SSSR count). The van der Waals surface area contributed by atoms with Gasteiger partial charge in [0.15, 0.2) is 0 Å². The van der Waals surface area contributed by atoms with E-state index >= 15 is 0 Å². The van der Waals surface area contributed by atoms with E-state index in [0.29, 0.717) is 31.7 Å². The second-order valence-electron chi connectivity index (χ2n) is 4.23. The number of nitrogens with one attached hydrogen (secondary N) is 1. The number of aliphatic carboxylic acids is 1. The van der Waals surface area contributed by atoms with E-state index in [4.69, 9.17) is 9.84 Å². The Hall–Kier alpha value is -1.82. The number of nitrogens with zero attached hydrogens (tertiary/aromatic N) is 1. The average Bonchev–Trinajstić information content (AvgIpc) is 2.83. The molecule has 1 unspecified atom stereocenters. The number of aromatic nitrogens is 1. The topological polar surface area (TPSA) is 80.6 Å². The molecule has 0 aliphatic rings. The van der Waals surface area contributed by atoms with Crippen LogP contribution in [-0.2, 0) is 16.1 Å². The molecule has 6 heteroatoms. The van der Waals surface area contributed by atoms with Gasteiger partial charge in [-0.05, 0) is 18.6 Å². The predicted molar refractivity (Wildman–Crippen MR) is 70.1 cm³/mol. The van der Waals surface area contributed by atoms with Crippen molar-refractivity contribution in [3.05, 3.63) is 24.0 Å².